The highest BCUT2D eigenvalue weighted by Gasteiger charge is 2.46. The van der Waals surface area contributed by atoms with Crippen molar-refractivity contribution in [1.82, 2.24) is 4.57 Å². The van der Waals surface area contributed by atoms with Crippen LogP contribution < -0.4 is 4.90 Å². The van der Waals surface area contributed by atoms with Crippen LogP contribution in [0, 0.1) is 0 Å². The summed E-state index contributed by atoms with van der Waals surface area (Å²) in [6.45, 7) is 4.78. The molecule has 13 aromatic rings. The van der Waals surface area contributed by atoms with E-state index in [2.05, 4.69) is 315 Å². The Hall–Kier alpha value is -9.76. The van der Waals surface area contributed by atoms with Gasteiger partial charge in [-0.1, -0.05) is 232 Å². The molecule has 0 saturated carbocycles. The first-order chi connectivity index (χ1) is 38.4. The van der Waals surface area contributed by atoms with E-state index in [1.54, 1.807) is 0 Å². The quantitative estimate of drug-likeness (QED) is 0.140. The average Bonchev–Trinajstić information content (AvgIpc) is 3.98. The molecule has 15 rings (SSSR count). The highest BCUT2D eigenvalue weighted by Crippen LogP contribution is 2.58. The maximum Gasteiger partial charge on any atom is 0.0713 e. The first kappa shape index (κ1) is 45.6. The van der Waals surface area contributed by atoms with E-state index in [9.17, 15) is 0 Å². The molecule has 12 aromatic carbocycles. The van der Waals surface area contributed by atoms with Gasteiger partial charge in [0, 0.05) is 38.9 Å². The van der Waals surface area contributed by atoms with Gasteiger partial charge in [0.25, 0.3) is 0 Å². The number of aromatic nitrogens is 1. The lowest BCUT2D eigenvalue weighted by molar-refractivity contribution is 0.660. The fraction of sp³-hybridized carbons (Fsp3) is 0.0526. The van der Waals surface area contributed by atoms with E-state index < -0.39 is 5.41 Å². The largest absolute Gasteiger partial charge is 0.310 e. The molecule has 2 aliphatic rings. The van der Waals surface area contributed by atoms with Gasteiger partial charge < -0.3 is 9.47 Å². The van der Waals surface area contributed by atoms with Gasteiger partial charge in [-0.05, 0) is 162 Å². The number of hydrogen-bond acceptors (Lipinski definition) is 1. The molecule has 0 amide bonds. The van der Waals surface area contributed by atoms with E-state index in [1.807, 2.05) is 0 Å². The Kier molecular flexibility index (Phi) is 10.5. The maximum absolute atomic E-state index is 2.47. The zero-order chi connectivity index (χ0) is 52.0. The van der Waals surface area contributed by atoms with Crippen LogP contribution in [0.3, 0.4) is 0 Å². The number of para-hydroxylation sites is 2. The summed E-state index contributed by atoms with van der Waals surface area (Å²) in [5, 5.41) is 2.51. The number of benzene rings is 12. The number of fused-ring (bicyclic) bond motifs is 9. The van der Waals surface area contributed by atoms with Crippen LogP contribution in [0.5, 0.6) is 0 Å². The minimum atomic E-state index is -0.480. The Bertz CT molecular complexity index is 4380. The van der Waals surface area contributed by atoms with E-state index >= 15 is 0 Å². The molecule has 1 aromatic heterocycles. The Morgan fingerprint density at radius 1 is 0.282 bits per heavy atom. The zero-order valence-electron chi connectivity index (χ0n) is 43.6. The molecule has 368 valence electrons. The summed E-state index contributed by atoms with van der Waals surface area (Å²) in [5.74, 6) is 0. The topological polar surface area (TPSA) is 8.17 Å². The van der Waals surface area contributed by atoms with Crippen LogP contribution >= 0.6 is 0 Å². The van der Waals surface area contributed by atoms with E-state index in [4.69, 9.17) is 0 Å². The Labute approximate surface area is 456 Å². The molecule has 0 N–H and O–H groups in total. The van der Waals surface area contributed by atoms with Crippen LogP contribution in [0.1, 0.15) is 47.2 Å². The third-order valence-electron chi connectivity index (χ3n) is 17.1. The van der Waals surface area contributed by atoms with Crippen LogP contribution in [-0.2, 0) is 10.8 Å². The molecule has 0 radical (unpaired) electrons. The van der Waals surface area contributed by atoms with Crippen molar-refractivity contribution in [3.05, 3.63) is 325 Å². The third kappa shape index (κ3) is 7.03. The molecule has 2 heteroatoms. The summed E-state index contributed by atoms with van der Waals surface area (Å²) in [4.78, 5) is 2.47. The lowest BCUT2D eigenvalue weighted by Crippen LogP contribution is -2.28. The molecule has 0 unspecified atom stereocenters. The molecule has 2 nitrogen and oxygen atoms in total. The molecule has 0 saturated heterocycles. The first-order valence-corrected chi connectivity index (χ1v) is 27.2. The van der Waals surface area contributed by atoms with E-state index in [0.717, 1.165) is 17.1 Å². The number of anilines is 3. The van der Waals surface area contributed by atoms with Crippen molar-refractivity contribution < 1.29 is 0 Å². The number of hydrogen-bond donors (Lipinski definition) is 0. The summed E-state index contributed by atoms with van der Waals surface area (Å²) in [6, 6.07) is 108. The second-order valence-electron chi connectivity index (χ2n) is 21.6. The number of rotatable bonds is 9. The van der Waals surface area contributed by atoms with Crippen LogP contribution in [-0.4, -0.2) is 4.57 Å². The predicted octanol–water partition coefficient (Wildman–Crippen LogP) is 19.9. The van der Waals surface area contributed by atoms with Crippen molar-refractivity contribution in [3.63, 3.8) is 0 Å². The summed E-state index contributed by atoms with van der Waals surface area (Å²) in [7, 11) is 0. The van der Waals surface area contributed by atoms with Crippen molar-refractivity contribution in [3.8, 4) is 61.3 Å². The van der Waals surface area contributed by atoms with Crippen molar-refractivity contribution in [2.24, 2.45) is 0 Å². The van der Waals surface area contributed by atoms with Crippen LogP contribution in [0.25, 0.3) is 83.1 Å². The lowest BCUT2D eigenvalue weighted by atomic mass is 9.68. The van der Waals surface area contributed by atoms with Gasteiger partial charge in [0.15, 0.2) is 0 Å². The smallest absolute Gasteiger partial charge is 0.0713 e. The SMILES string of the molecule is CC1(C)c2cc(-c3ccccc3)ccc2-c2ccc(N(c3ccc(-c4ccc(-c5ccc6c(c5)c5ccccc5n6-c5ccccc5)cc4)cc3)c3ccc4c(c3)-c3ccccc3C4(c3ccccc3)c3ccccc3)cc21. The molecular weight excluding hydrogens is 941 g/mol. The lowest BCUT2D eigenvalue weighted by Gasteiger charge is -2.34. The van der Waals surface area contributed by atoms with E-state index in [0.29, 0.717) is 0 Å². The summed E-state index contributed by atoms with van der Waals surface area (Å²) in [6.07, 6.45) is 0. The van der Waals surface area contributed by atoms with Gasteiger partial charge in [-0.3, -0.25) is 0 Å². The minimum Gasteiger partial charge on any atom is -0.310 e. The fourth-order valence-corrected chi connectivity index (χ4v) is 13.4. The van der Waals surface area contributed by atoms with Gasteiger partial charge in [-0.15, -0.1) is 0 Å². The zero-order valence-corrected chi connectivity index (χ0v) is 43.6. The highest BCUT2D eigenvalue weighted by molar-refractivity contribution is 6.10. The first-order valence-electron chi connectivity index (χ1n) is 27.2. The molecule has 78 heavy (non-hydrogen) atoms. The second kappa shape index (κ2) is 17.9. The Balaban J connectivity index is 0.833. The minimum absolute atomic E-state index is 0.220. The Morgan fingerprint density at radius 2 is 0.731 bits per heavy atom. The van der Waals surface area contributed by atoms with Crippen molar-refractivity contribution >= 4 is 38.9 Å². The van der Waals surface area contributed by atoms with Gasteiger partial charge in [0.2, 0.25) is 0 Å². The molecule has 0 atom stereocenters. The predicted molar refractivity (Wildman–Crippen MR) is 327 cm³/mol. The monoisotopic (exact) mass is 994 g/mol. The normalized spacial score (nSPS) is 13.5. The second-order valence-corrected chi connectivity index (χ2v) is 21.6. The number of nitrogens with zero attached hydrogens (tertiary/aromatic N) is 2. The molecular formula is C76H54N2. The summed E-state index contributed by atoms with van der Waals surface area (Å²) < 4.78 is 2.37. The molecule has 1 heterocycles. The van der Waals surface area contributed by atoms with Gasteiger partial charge in [0.1, 0.15) is 0 Å². The molecule has 0 aliphatic heterocycles. The molecule has 0 spiro atoms. The van der Waals surface area contributed by atoms with Crippen LogP contribution in [0.4, 0.5) is 17.1 Å². The van der Waals surface area contributed by atoms with Gasteiger partial charge in [-0.25, -0.2) is 0 Å². The van der Waals surface area contributed by atoms with Gasteiger partial charge in [0.05, 0.1) is 16.4 Å². The summed E-state index contributed by atoms with van der Waals surface area (Å²) in [5.41, 5.74) is 26.4. The van der Waals surface area contributed by atoms with Crippen molar-refractivity contribution in [2.45, 2.75) is 24.7 Å². The van der Waals surface area contributed by atoms with Gasteiger partial charge in [-0.2, -0.15) is 0 Å². The fourth-order valence-electron chi connectivity index (χ4n) is 13.4. The van der Waals surface area contributed by atoms with Crippen molar-refractivity contribution in [1.29, 1.82) is 0 Å². The van der Waals surface area contributed by atoms with E-state index in [1.165, 1.54) is 117 Å². The standard InChI is InChI=1S/C76H54N2/c1-75(2)71-48-56(51-19-7-3-8-20-51)37-43-64(71)65-44-41-62(50-72(65)75)77(61-42-45-70-67(49-61)63-27-15-17-29-69(63)76(70,57-21-9-4-10-22-57)58-23-11-5-12-24-58)60-39-35-53(36-40-60)52-31-33-54(34-32-52)55-38-46-74-68(47-55)66-28-16-18-30-73(66)78(74)59-25-13-6-14-26-59/h3-50H,1-2H3. The van der Waals surface area contributed by atoms with E-state index in [-0.39, 0.29) is 5.41 Å². The molecule has 0 bridgehead atoms. The Morgan fingerprint density at radius 3 is 1.44 bits per heavy atom. The summed E-state index contributed by atoms with van der Waals surface area (Å²) >= 11 is 0. The average molecular weight is 995 g/mol. The molecule has 0 fully saturated rings. The van der Waals surface area contributed by atoms with Gasteiger partial charge >= 0.3 is 0 Å². The third-order valence-corrected chi connectivity index (χ3v) is 17.1. The van der Waals surface area contributed by atoms with Crippen LogP contribution in [0.15, 0.2) is 291 Å². The van der Waals surface area contributed by atoms with Crippen molar-refractivity contribution in [2.75, 3.05) is 4.90 Å². The highest BCUT2D eigenvalue weighted by atomic mass is 15.1. The maximum atomic E-state index is 2.47. The van der Waals surface area contributed by atoms with Crippen LogP contribution in [0.2, 0.25) is 0 Å². The molecule has 2 aliphatic carbocycles.